The molecule has 0 fully saturated rings. The van der Waals surface area contributed by atoms with Crippen LogP contribution >= 0.6 is 23.3 Å². The molecule has 0 spiro atoms. The summed E-state index contributed by atoms with van der Waals surface area (Å²) in [5.74, 6) is -1.01. The number of hydrogen-bond acceptors (Lipinski definition) is 8. The molecule has 5 aromatic rings. The van der Waals surface area contributed by atoms with Gasteiger partial charge < -0.3 is 9.67 Å². The average Bonchev–Trinajstić information content (AvgIpc) is 3.62. The molecule has 0 radical (unpaired) electrons. The minimum atomic E-state index is -1.73. The fourth-order valence-corrected chi connectivity index (χ4v) is 5.65. The van der Waals surface area contributed by atoms with Crippen molar-refractivity contribution in [2.24, 2.45) is 0 Å². The van der Waals surface area contributed by atoms with Gasteiger partial charge in [0.1, 0.15) is 29.9 Å². The van der Waals surface area contributed by atoms with Gasteiger partial charge in [-0.05, 0) is 48.8 Å². The van der Waals surface area contributed by atoms with Gasteiger partial charge in [0.15, 0.2) is 10.2 Å². The van der Waals surface area contributed by atoms with Gasteiger partial charge in [-0.25, -0.2) is 28.4 Å². The van der Waals surface area contributed by atoms with Gasteiger partial charge in [-0.3, -0.25) is 0 Å². The van der Waals surface area contributed by atoms with Gasteiger partial charge in [0.05, 0.1) is 12.9 Å². The monoisotopic (exact) mass is 511 g/mol. The third-order valence-corrected chi connectivity index (χ3v) is 7.61. The Labute approximate surface area is 207 Å². The summed E-state index contributed by atoms with van der Waals surface area (Å²) in [6.45, 7) is 1.68. The number of aliphatic hydroxyl groups is 1. The van der Waals surface area contributed by atoms with Crippen molar-refractivity contribution < 1.29 is 13.9 Å². The minimum absolute atomic E-state index is 0.0331. The molecule has 0 aliphatic rings. The largest absolute Gasteiger partial charge is 0.382 e. The lowest BCUT2D eigenvalue weighted by atomic mass is 9.90. The molecule has 0 bridgehead atoms. The van der Waals surface area contributed by atoms with Crippen LogP contribution in [0.1, 0.15) is 12.5 Å². The van der Waals surface area contributed by atoms with E-state index in [0.29, 0.717) is 10.2 Å². The van der Waals surface area contributed by atoms with Crippen molar-refractivity contribution in [3.8, 4) is 17.1 Å². The van der Waals surface area contributed by atoms with E-state index in [4.69, 9.17) is 0 Å². The first-order chi connectivity index (χ1) is 16.9. The molecule has 5 rings (SSSR count). The Hall–Kier alpha value is -3.48. The fraction of sp³-hybridized carbons (Fsp3) is 0.174. The van der Waals surface area contributed by atoms with E-state index in [1.165, 1.54) is 46.7 Å². The predicted octanol–water partition coefficient (Wildman–Crippen LogP) is 4.33. The van der Waals surface area contributed by atoms with E-state index in [1.807, 2.05) is 35.0 Å². The third-order valence-electron chi connectivity index (χ3n) is 5.55. The summed E-state index contributed by atoms with van der Waals surface area (Å²) < 4.78 is 36.7. The summed E-state index contributed by atoms with van der Waals surface area (Å²) in [6, 6.07) is 10.9. The van der Waals surface area contributed by atoms with Gasteiger partial charge in [0, 0.05) is 40.5 Å². The van der Waals surface area contributed by atoms with Gasteiger partial charge in [0.25, 0.3) is 0 Å². The van der Waals surface area contributed by atoms with Gasteiger partial charge in [-0.2, -0.15) is 9.47 Å². The van der Waals surface area contributed by atoms with Crippen LogP contribution in [0.4, 0.5) is 8.78 Å². The molecule has 35 heavy (non-hydrogen) atoms. The molecule has 12 heteroatoms. The molecule has 0 saturated carbocycles. The van der Waals surface area contributed by atoms with Gasteiger partial charge in [0.2, 0.25) is 0 Å². The van der Waals surface area contributed by atoms with Crippen molar-refractivity contribution in [1.29, 1.82) is 0 Å². The highest BCUT2D eigenvalue weighted by Gasteiger charge is 2.40. The van der Waals surface area contributed by atoms with Gasteiger partial charge in [-0.1, -0.05) is 17.8 Å². The van der Waals surface area contributed by atoms with Crippen LogP contribution in [0.25, 0.3) is 17.1 Å². The highest BCUT2D eigenvalue weighted by atomic mass is 32.2. The summed E-state index contributed by atoms with van der Waals surface area (Å²) >= 11 is 2.44. The summed E-state index contributed by atoms with van der Waals surface area (Å²) in [6.07, 6.45) is 8.05. The van der Waals surface area contributed by atoms with Crippen LogP contribution in [0.2, 0.25) is 0 Å². The molecule has 2 atom stereocenters. The van der Waals surface area contributed by atoms with E-state index in [0.717, 1.165) is 23.4 Å². The van der Waals surface area contributed by atoms with Crippen LogP contribution in [0, 0.1) is 11.6 Å². The molecule has 3 heterocycles. The van der Waals surface area contributed by atoms with Crippen LogP contribution < -0.4 is 0 Å². The highest BCUT2D eigenvalue weighted by Crippen LogP contribution is 2.40. The number of benzene rings is 2. The lowest BCUT2D eigenvalue weighted by Crippen LogP contribution is -2.41. The zero-order valence-corrected chi connectivity index (χ0v) is 20.0. The lowest BCUT2D eigenvalue weighted by Gasteiger charge is -2.33. The molecule has 8 nitrogen and oxygen atoms in total. The molecule has 0 saturated heterocycles. The van der Waals surface area contributed by atoms with E-state index >= 15 is 0 Å². The topological polar surface area (TPSA) is 94.5 Å². The Morgan fingerprint density at radius 1 is 1.11 bits per heavy atom. The van der Waals surface area contributed by atoms with Crippen LogP contribution in [-0.4, -0.2) is 44.0 Å². The SMILES string of the molecule is CC(Sc1nc(-c2ccc(-n3ccnc3)cc2)ns1)C(O)(Cn1cncn1)c1ccc(F)cc1F. The summed E-state index contributed by atoms with van der Waals surface area (Å²) in [4.78, 5) is 12.5. The third kappa shape index (κ3) is 4.85. The van der Waals surface area contributed by atoms with Crippen LogP contribution in [0.3, 0.4) is 0 Å². The molecule has 0 aliphatic heterocycles. The van der Waals surface area contributed by atoms with Crippen LogP contribution in [-0.2, 0) is 12.1 Å². The van der Waals surface area contributed by atoms with E-state index in [2.05, 4.69) is 24.4 Å². The van der Waals surface area contributed by atoms with Gasteiger partial charge >= 0.3 is 0 Å². The zero-order chi connectivity index (χ0) is 24.4. The molecule has 0 amide bonds. The van der Waals surface area contributed by atoms with Crippen molar-refractivity contribution in [3.05, 3.63) is 91.0 Å². The summed E-state index contributed by atoms with van der Waals surface area (Å²) in [7, 11) is 0. The van der Waals surface area contributed by atoms with Gasteiger partial charge in [-0.15, -0.1) is 0 Å². The molecule has 3 aromatic heterocycles. The van der Waals surface area contributed by atoms with Crippen molar-refractivity contribution in [1.82, 2.24) is 33.7 Å². The quantitative estimate of drug-likeness (QED) is 0.310. The first-order valence-corrected chi connectivity index (χ1v) is 12.2. The number of imidazole rings is 1. The van der Waals surface area contributed by atoms with E-state index in [-0.39, 0.29) is 12.1 Å². The Balaban J connectivity index is 1.39. The molecule has 2 aromatic carbocycles. The summed E-state index contributed by atoms with van der Waals surface area (Å²) in [5.41, 5.74) is 0.0412. The Bertz CT molecular complexity index is 1410. The van der Waals surface area contributed by atoms with Crippen molar-refractivity contribution in [3.63, 3.8) is 0 Å². The molecular formula is C23H19F2N7OS2. The maximum absolute atomic E-state index is 14.7. The Morgan fingerprint density at radius 2 is 1.94 bits per heavy atom. The first-order valence-electron chi connectivity index (χ1n) is 10.5. The summed E-state index contributed by atoms with van der Waals surface area (Å²) in [5, 5.41) is 15.1. The van der Waals surface area contributed by atoms with E-state index < -0.39 is 22.5 Å². The van der Waals surface area contributed by atoms with Crippen molar-refractivity contribution in [2.45, 2.75) is 28.7 Å². The number of rotatable bonds is 8. The van der Waals surface area contributed by atoms with Crippen LogP contribution in [0.15, 0.2) is 78.2 Å². The Kier molecular flexibility index (Phi) is 6.41. The number of nitrogens with zero attached hydrogens (tertiary/aromatic N) is 7. The number of halogens is 2. The number of aromatic nitrogens is 7. The first kappa shape index (κ1) is 23.3. The maximum Gasteiger partial charge on any atom is 0.174 e. The maximum atomic E-state index is 14.7. The van der Waals surface area contributed by atoms with E-state index in [9.17, 15) is 13.9 Å². The second-order valence-corrected chi connectivity index (χ2v) is 10.1. The molecule has 1 N–H and O–H groups in total. The molecular weight excluding hydrogens is 492 g/mol. The minimum Gasteiger partial charge on any atom is -0.382 e. The lowest BCUT2D eigenvalue weighted by molar-refractivity contribution is 0.0133. The standard InChI is InChI=1S/C23H19F2N7OS2/c1-15(23(33,11-32-14-27-12-28-32)19-7-4-17(24)10-20(19)25)34-22-29-21(30-35-22)16-2-5-18(6-3-16)31-9-8-26-13-31/h2-10,12-15,33H,11H2,1H3. The van der Waals surface area contributed by atoms with Crippen LogP contribution in [0.5, 0.6) is 0 Å². The predicted molar refractivity (Wildman–Crippen MR) is 128 cm³/mol. The number of thioether (sulfide) groups is 1. The molecule has 0 aliphatic carbocycles. The van der Waals surface area contributed by atoms with Crippen molar-refractivity contribution >= 4 is 23.3 Å². The number of hydrogen-bond donors (Lipinski definition) is 1. The smallest absolute Gasteiger partial charge is 0.174 e. The average molecular weight is 512 g/mol. The normalized spacial score (nSPS) is 14.1. The Morgan fingerprint density at radius 3 is 2.63 bits per heavy atom. The molecule has 2 unspecified atom stereocenters. The second kappa shape index (κ2) is 9.64. The fourth-order valence-electron chi connectivity index (χ4n) is 3.65. The van der Waals surface area contributed by atoms with Crippen molar-refractivity contribution in [2.75, 3.05) is 0 Å². The second-order valence-electron chi connectivity index (χ2n) is 7.80. The molecule has 178 valence electrons. The zero-order valence-electron chi connectivity index (χ0n) is 18.4. The highest BCUT2D eigenvalue weighted by molar-refractivity contribution is 8.01. The van der Waals surface area contributed by atoms with E-state index in [1.54, 1.807) is 19.4 Å².